The third-order valence-corrected chi connectivity index (χ3v) is 4.37. The number of aromatic amines is 1. The van der Waals surface area contributed by atoms with E-state index in [2.05, 4.69) is 25.4 Å². The van der Waals surface area contributed by atoms with E-state index >= 15 is 0 Å². The summed E-state index contributed by atoms with van der Waals surface area (Å²) in [6.45, 7) is 0.534. The second-order valence-electron chi connectivity index (χ2n) is 7.64. The summed E-state index contributed by atoms with van der Waals surface area (Å²) in [7, 11) is 6.06. The molecule has 0 bridgehead atoms. The average molecular weight is 377 g/mol. The lowest BCUT2D eigenvalue weighted by Crippen LogP contribution is -2.35. The molecule has 0 spiro atoms. The largest absolute Gasteiger partial charge is 0.466 e. The molecule has 3 aromatic rings. The number of aliphatic hydroxyl groups excluding tert-OH is 1. The number of ether oxygens (including phenoxy) is 2. The normalized spacial score (nSPS) is 19.6. The van der Waals surface area contributed by atoms with E-state index in [9.17, 15) is 5.11 Å². The lowest BCUT2D eigenvalue weighted by molar-refractivity contribution is 0.0703. The molecule has 1 unspecified atom stereocenters. The van der Waals surface area contributed by atoms with Crippen molar-refractivity contribution in [3.05, 3.63) is 24.2 Å². The van der Waals surface area contributed by atoms with Crippen LogP contribution in [0.4, 0.5) is 11.6 Å². The van der Waals surface area contributed by atoms with Crippen LogP contribution in [0.15, 0.2) is 18.5 Å². The van der Waals surface area contributed by atoms with Gasteiger partial charge in [-0.2, -0.15) is 10.2 Å². The summed E-state index contributed by atoms with van der Waals surface area (Å²) in [5.41, 5.74) is 1.54. The van der Waals surface area contributed by atoms with Crippen LogP contribution < -0.4 is 10.1 Å². The number of fused-ring (bicyclic) bond motifs is 1. The zero-order chi connectivity index (χ0) is 19.9. The van der Waals surface area contributed by atoms with Gasteiger partial charge in [0, 0.05) is 11.6 Å². The molecule has 13 heteroatoms. The van der Waals surface area contributed by atoms with Crippen molar-refractivity contribution in [1.29, 1.82) is 5.26 Å². The van der Waals surface area contributed by atoms with Crippen molar-refractivity contribution in [2.75, 3.05) is 18.5 Å². The SMILES string of the molecule is BC(B)(B)n1cc(Nc2ncc3cc(C#N)[nH]c3n2)c(O[C@@H]2COCC2O)n1. The summed E-state index contributed by atoms with van der Waals surface area (Å²) in [5.74, 6) is 0.665. The Hall–Kier alpha value is -2.97. The maximum atomic E-state index is 9.98. The van der Waals surface area contributed by atoms with Crippen molar-refractivity contribution in [3.63, 3.8) is 0 Å². The summed E-state index contributed by atoms with van der Waals surface area (Å²) in [5, 5.41) is 27.1. The number of anilines is 2. The van der Waals surface area contributed by atoms with E-state index in [0.717, 1.165) is 5.39 Å². The molecule has 10 nitrogen and oxygen atoms in total. The minimum Gasteiger partial charge on any atom is -0.466 e. The van der Waals surface area contributed by atoms with E-state index in [1.807, 2.05) is 29.6 Å². The van der Waals surface area contributed by atoms with Crippen LogP contribution in [0, 0.1) is 11.3 Å². The Labute approximate surface area is 163 Å². The molecule has 0 aliphatic carbocycles. The minimum absolute atomic E-state index is 0.237. The van der Waals surface area contributed by atoms with Crippen LogP contribution in [0.5, 0.6) is 5.88 Å². The lowest BCUT2D eigenvalue weighted by Gasteiger charge is -2.19. The van der Waals surface area contributed by atoms with Crippen molar-refractivity contribution < 1.29 is 14.6 Å². The number of nitrogens with one attached hydrogen (secondary N) is 2. The monoisotopic (exact) mass is 377 g/mol. The van der Waals surface area contributed by atoms with Crippen LogP contribution in [-0.2, 0) is 9.97 Å². The van der Waals surface area contributed by atoms with E-state index in [1.54, 1.807) is 23.1 Å². The van der Waals surface area contributed by atoms with Gasteiger partial charge >= 0.3 is 0 Å². The number of rotatable bonds is 5. The molecule has 3 aromatic heterocycles. The minimum atomic E-state index is -0.705. The first-order valence-electron chi connectivity index (χ1n) is 8.89. The molecule has 2 atom stereocenters. The van der Waals surface area contributed by atoms with Crippen LogP contribution in [0.1, 0.15) is 5.69 Å². The van der Waals surface area contributed by atoms with Crippen molar-refractivity contribution in [2.45, 2.75) is 17.4 Å². The molecule has 0 aromatic carbocycles. The first-order chi connectivity index (χ1) is 13.3. The smallest absolute Gasteiger partial charge is 0.257 e. The first-order valence-corrected chi connectivity index (χ1v) is 8.89. The van der Waals surface area contributed by atoms with Gasteiger partial charge in [-0.05, 0) is 11.3 Å². The van der Waals surface area contributed by atoms with Crippen molar-refractivity contribution >= 4 is 46.2 Å². The van der Waals surface area contributed by atoms with Gasteiger partial charge < -0.3 is 24.9 Å². The Morgan fingerprint density at radius 1 is 1.43 bits per heavy atom. The van der Waals surface area contributed by atoms with Crippen LogP contribution in [0.3, 0.4) is 0 Å². The number of aromatic nitrogens is 5. The molecule has 4 heterocycles. The van der Waals surface area contributed by atoms with Crippen LogP contribution >= 0.6 is 0 Å². The number of nitriles is 1. The molecule has 1 fully saturated rings. The molecule has 0 amide bonds. The molecule has 28 heavy (non-hydrogen) atoms. The van der Waals surface area contributed by atoms with Gasteiger partial charge in [0.2, 0.25) is 5.95 Å². The number of aliphatic hydroxyl groups is 1. The summed E-state index contributed by atoms with van der Waals surface area (Å²) in [4.78, 5) is 11.6. The molecular formula is C15H18B3N7O3. The third-order valence-electron chi connectivity index (χ3n) is 4.37. The summed E-state index contributed by atoms with van der Waals surface area (Å²) in [6, 6.07) is 3.73. The van der Waals surface area contributed by atoms with Crippen molar-refractivity contribution in [1.82, 2.24) is 24.7 Å². The Bertz CT molecular complexity index is 1060. The van der Waals surface area contributed by atoms with E-state index < -0.39 is 12.2 Å². The molecular weight excluding hydrogens is 359 g/mol. The Balaban J connectivity index is 1.65. The van der Waals surface area contributed by atoms with Crippen molar-refractivity contribution in [3.8, 4) is 11.9 Å². The number of H-pyrrole nitrogens is 1. The second-order valence-corrected chi connectivity index (χ2v) is 7.64. The predicted octanol–water partition coefficient (Wildman–Crippen LogP) is -2.62. The zero-order valence-electron chi connectivity index (χ0n) is 15.8. The van der Waals surface area contributed by atoms with E-state index in [1.165, 1.54) is 0 Å². The van der Waals surface area contributed by atoms with Gasteiger partial charge in [-0.15, -0.1) is 5.10 Å². The summed E-state index contributed by atoms with van der Waals surface area (Å²) < 4.78 is 12.9. The van der Waals surface area contributed by atoms with Gasteiger partial charge in [0.1, 0.15) is 52.7 Å². The first kappa shape index (κ1) is 18.4. The van der Waals surface area contributed by atoms with Crippen LogP contribution in [0.2, 0.25) is 0 Å². The molecule has 140 valence electrons. The molecule has 0 radical (unpaired) electrons. The number of hydrogen-bond acceptors (Lipinski definition) is 8. The lowest BCUT2D eigenvalue weighted by atomic mass is 9.49. The fraction of sp³-hybridized carbons (Fsp3) is 0.333. The Morgan fingerprint density at radius 3 is 2.93 bits per heavy atom. The quantitative estimate of drug-likeness (QED) is 0.412. The summed E-state index contributed by atoms with van der Waals surface area (Å²) in [6.07, 6.45) is 2.24. The van der Waals surface area contributed by atoms with Gasteiger partial charge in [-0.25, -0.2) is 4.98 Å². The van der Waals surface area contributed by atoms with Crippen LogP contribution in [0.25, 0.3) is 11.0 Å². The second kappa shape index (κ2) is 6.89. The van der Waals surface area contributed by atoms with Gasteiger partial charge in [0.05, 0.1) is 19.4 Å². The van der Waals surface area contributed by atoms with Gasteiger partial charge in [0.25, 0.3) is 5.88 Å². The maximum absolute atomic E-state index is 9.98. The zero-order valence-corrected chi connectivity index (χ0v) is 15.8. The van der Waals surface area contributed by atoms with Crippen molar-refractivity contribution in [2.24, 2.45) is 0 Å². The molecule has 4 rings (SSSR count). The predicted molar refractivity (Wildman–Crippen MR) is 109 cm³/mol. The standard InChI is InChI=1S/C15H18B3N7O3/c16-15(17,18)25-4-9(13(24-25)28-11-6-27-5-10(11)26)22-14-20-3-7-1-8(2-19)21-12(7)23-14/h1,3-4,10-11,26H,5-6,16-18H2,(H2,20,21,22,23)/t10?,11-/m1/s1. The molecule has 0 saturated carbocycles. The van der Waals surface area contributed by atoms with Gasteiger partial charge in [-0.3, -0.25) is 4.68 Å². The number of nitrogens with zero attached hydrogens (tertiary/aromatic N) is 5. The topological polar surface area (TPSA) is 134 Å². The molecule has 1 aliphatic heterocycles. The van der Waals surface area contributed by atoms with Crippen LogP contribution in [-0.4, -0.2) is 78.8 Å². The van der Waals surface area contributed by atoms with E-state index in [4.69, 9.17) is 14.7 Å². The van der Waals surface area contributed by atoms with Gasteiger partial charge in [0.15, 0.2) is 6.10 Å². The average Bonchev–Trinajstić information content (AvgIpc) is 3.34. The highest BCUT2D eigenvalue weighted by molar-refractivity contribution is 6.56. The highest BCUT2D eigenvalue weighted by atomic mass is 16.6. The Kier molecular flexibility index (Phi) is 4.53. The van der Waals surface area contributed by atoms with Gasteiger partial charge in [-0.1, -0.05) is 0 Å². The van der Waals surface area contributed by atoms with E-state index in [0.29, 0.717) is 35.5 Å². The highest BCUT2D eigenvalue weighted by Gasteiger charge is 2.30. The summed E-state index contributed by atoms with van der Waals surface area (Å²) >= 11 is 0. The number of hydrogen-bond donors (Lipinski definition) is 3. The fourth-order valence-corrected chi connectivity index (χ4v) is 2.81. The third kappa shape index (κ3) is 3.56. The Morgan fingerprint density at radius 2 is 2.25 bits per heavy atom. The molecule has 3 N–H and O–H groups in total. The molecule has 1 aliphatic rings. The molecule has 1 saturated heterocycles. The highest BCUT2D eigenvalue weighted by Crippen LogP contribution is 2.29. The van der Waals surface area contributed by atoms with E-state index in [-0.39, 0.29) is 11.8 Å². The fourth-order valence-electron chi connectivity index (χ4n) is 2.81. The maximum Gasteiger partial charge on any atom is 0.257 e.